The average molecular weight is 72.0 g/mol. The lowest BCUT2D eigenvalue weighted by Crippen LogP contribution is -1.88. The Kier molecular flexibility index (Phi) is 0.428. The molecule has 0 bridgehead atoms. The number of nitrogens with zero attached hydrogens (tertiary/aromatic N) is 3. The van der Waals surface area contributed by atoms with Gasteiger partial charge in [-0.3, -0.25) is 0 Å². The predicted octanol–water partition coefficient (Wildman–Crippen LogP) is -0.139. The maximum atomic E-state index is 4.24. The molecule has 0 aromatic rings. The quantitative estimate of drug-likeness (QED) is 0.393. The van der Waals surface area contributed by atoms with Crippen LogP contribution in [-0.4, -0.2) is 6.73 Å². The van der Waals surface area contributed by atoms with Gasteiger partial charge in [-0.05, 0) is 5.22 Å². The third-order valence-electron chi connectivity index (χ3n) is 0.273. The average Bonchev–Trinajstić information content (AvgIpc) is 1.76. The zero-order valence-corrected chi connectivity index (χ0v) is 2.46. The van der Waals surface area contributed by atoms with Crippen LogP contribution in [0.2, 0.25) is 0 Å². The fraction of sp³-hybridized carbons (Fsp3) is 1.00. The maximum Gasteiger partial charge on any atom is 0.230 e. The van der Waals surface area contributed by atoms with Gasteiger partial charge in [0.05, 0.1) is 0 Å². The summed E-state index contributed by atoms with van der Waals surface area (Å²) < 4.78 is 0. The van der Waals surface area contributed by atoms with E-state index in [4.69, 9.17) is 0 Å². The molecular weight excluding hydrogens is 70.0 g/mol. The van der Waals surface area contributed by atoms with Gasteiger partial charge in [-0.2, -0.15) is 0 Å². The zero-order chi connectivity index (χ0) is 3.54. The van der Waals surface area contributed by atoms with Gasteiger partial charge < -0.3 is 4.84 Å². The molecule has 0 saturated carbocycles. The molecule has 0 N–H and O–H groups in total. The zero-order valence-electron chi connectivity index (χ0n) is 2.46. The van der Waals surface area contributed by atoms with Gasteiger partial charge in [-0.25, -0.2) is 0 Å². The lowest BCUT2D eigenvalue weighted by molar-refractivity contribution is 0.161. The van der Waals surface area contributed by atoms with Crippen molar-refractivity contribution in [3.8, 4) is 0 Å². The van der Waals surface area contributed by atoms with Crippen LogP contribution in [0.1, 0.15) is 0 Å². The summed E-state index contributed by atoms with van der Waals surface area (Å²) >= 11 is 0. The molecule has 4 heteroatoms. The van der Waals surface area contributed by atoms with E-state index in [0.717, 1.165) is 0 Å². The molecule has 1 rings (SSSR count). The van der Waals surface area contributed by atoms with E-state index >= 15 is 0 Å². The first-order chi connectivity index (χ1) is 2.50. The minimum absolute atomic E-state index is 0.292. The van der Waals surface area contributed by atoms with Crippen molar-refractivity contribution in [2.45, 2.75) is 0 Å². The van der Waals surface area contributed by atoms with Crippen molar-refractivity contribution in [1.29, 1.82) is 0 Å². The summed E-state index contributed by atoms with van der Waals surface area (Å²) in [6, 6.07) is 0. The fourth-order valence-electron chi connectivity index (χ4n) is 0.129. The van der Waals surface area contributed by atoms with Crippen LogP contribution >= 0.6 is 0 Å². The normalized spacial score (nSPS) is 17.6. The van der Waals surface area contributed by atoms with Crippen molar-refractivity contribution >= 4 is 0 Å². The molecule has 0 aromatic carbocycles. The number of hydrogen-bond donors (Lipinski definition) is 0. The van der Waals surface area contributed by atoms with Crippen LogP contribution in [0.5, 0.6) is 0 Å². The van der Waals surface area contributed by atoms with Gasteiger partial charge in [0.15, 0.2) is 0 Å². The first-order valence-corrected chi connectivity index (χ1v) is 1.19. The molecule has 1 aliphatic heterocycles. The molecular formula is CH2N3O. The largest absolute Gasteiger partial charge is 0.352 e. The highest BCUT2D eigenvalue weighted by Crippen LogP contribution is 1.82. The highest BCUT2D eigenvalue weighted by molar-refractivity contribution is 4.15. The number of hydrogen-bond acceptors (Lipinski definition) is 3. The van der Waals surface area contributed by atoms with Crippen LogP contribution in [0, 0.1) is 0 Å². The van der Waals surface area contributed by atoms with E-state index in [-0.39, 0.29) is 0 Å². The fourth-order valence-corrected chi connectivity index (χ4v) is 0.129. The van der Waals surface area contributed by atoms with E-state index in [9.17, 15) is 0 Å². The molecule has 0 unspecified atom stereocenters. The first-order valence-electron chi connectivity index (χ1n) is 1.19. The van der Waals surface area contributed by atoms with Crippen molar-refractivity contribution in [3.05, 3.63) is 0 Å². The highest BCUT2D eigenvalue weighted by Gasteiger charge is 1.87. The summed E-state index contributed by atoms with van der Waals surface area (Å²) in [4.78, 5) is 4.24. The summed E-state index contributed by atoms with van der Waals surface area (Å²) in [7, 11) is 0. The van der Waals surface area contributed by atoms with Gasteiger partial charge in [0, 0.05) is 5.28 Å². The summed E-state index contributed by atoms with van der Waals surface area (Å²) in [6.45, 7) is 0.292. The molecule has 0 aromatic heterocycles. The lowest BCUT2D eigenvalue weighted by Gasteiger charge is -1.70. The second-order valence-electron chi connectivity index (χ2n) is 0.571. The molecule has 1 heterocycles. The van der Waals surface area contributed by atoms with Crippen molar-refractivity contribution < 1.29 is 4.84 Å². The number of rotatable bonds is 0. The van der Waals surface area contributed by atoms with Gasteiger partial charge in [-0.15, -0.1) is 5.43 Å². The monoisotopic (exact) mass is 72.0 g/mol. The van der Waals surface area contributed by atoms with Crippen molar-refractivity contribution in [2.75, 3.05) is 6.73 Å². The molecule has 0 amide bonds. The topological polar surface area (TPSA) is 48.0 Å². The minimum Gasteiger partial charge on any atom is -0.352 e. The highest BCUT2D eigenvalue weighted by atomic mass is 16.7. The Balaban J connectivity index is 2.32. The van der Waals surface area contributed by atoms with Gasteiger partial charge in [0.2, 0.25) is 6.73 Å². The third-order valence-corrected chi connectivity index (χ3v) is 0.273. The van der Waals surface area contributed by atoms with Crippen LogP contribution in [0.3, 0.4) is 0 Å². The molecule has 0 fully saturated rings. The Morgan fingerprint density at radius 3 is 2.80 bits per heavy atom. The molecule has 0 spiro atoms. The summed E-state index contributed by atoms with van der Waals surface area (Å²) in [6.07, 6.45) is 0. The first kappa shape index (κ1) is 2.44. The van der Waals surface area contributed by atoms with Gasteiger partial charge in [-0.1, -0.05) is 0 Å². The predicted molar refractivity (Wildman–Crippen MR) is 12.9 cm³/mol. The molecule has 0 aliphatic carbocycles. The van der Waals surface area contributed by atoms with Crippen LogP contribution < -0.4 is 5.43 Å². The van der Waals surface area contributed by atoms with Gasteiger partial charge in [0.25, 0.3) is 0 Å². The van der Waals surface area contributed by atoms with E-state index in [1.165, 1.54) is 0 Å². The second kappa shape index (κ2) is 0.878. The third kappa shape index (κ3) is 0.261. The van der Waals surface area contributed by atoms with Crippen LogP contribution in [0.4, 0.5) is 0 Å². The molecule has 5 heavy (non-hydrogen) atoms. The smallest absolute Gasteiger partial charge is 0.230 e. The van der Waals surface area contributed by atoms with E-state index in [1.807, 2.05) is 0 Å². The van der Waals surface area contributed by atoms with Crippen LogP contribution in [0.15, 0.2) is 10.5 Å². The summed E-state index contributed by atoms with van der Waals surface area (Å²) in [5, 5.41) is 6.15. The molecule has 27 valence electrons. The van der Waals surface area contributed by atoms with E-state index in [1.54, 1.807) is 0 Å². The Hall–Kier alpha value is -0.800. The maximum absolute atomic E-state index is 4.24. The van der Waals surface area contributed by atoms with Gasteiger partial charge in [0.1, 0.15) is 0 Å². The molecule has 4 nitrogen and oxygen atoms in total. The Morgan fingerprint density at radius 2 is 2.60 bits per heavy atom. The summed E-state index contributed by atoms with van der Waals surface area (Å²) in [5.41, 5.74) is 3.32. The van der Waals surface area contributed by atoms with Crippen LogP contribution in [-0.2, 0) is 4.84 Å². The molecule has 0 saturated heterocycles. The molecule has 1 radical (unpaired) electrons. The van der Waals surface area contributed by atoms with E-state index in [2.05, 4.69) is 20.8 Å². The minimum atomic E-state index is 0.292. The molecule has 1 aliphatic rings. The standard InChI is InChI=1S/CH2N3O/c1-2-3-4-5-1/h1H2. The SMILES string of the molecule is C1[N]N=NO1. The van der Waals surface area contributed by atoms with Crippen LogP contribution in [0.25, 0.3) is 0 Å². The van der Waals surface area contributed by atoms with E-state index < -0.39 is 0 Å². The van der Waals surface area contributed by atoms with Crippen molar-refractivity contribution in [3.63, 3.8) is 0 Å². The Morgan fingerprint density at radius 1 is 1.60 bits per heavy atom. The van der Waals surface area contributed by atoms with Crippen molar-refractivity contribution in [2.24, 2.45) is 10.5 Å². The van der Waals surface area contributed by atoms with E-state index in [0.29, 0.717) is 6.73 Å². The van der Waals surface area contributed by atoms with Gasteiger partial charge >= 0.3 is 0 Å². The lowest BCUT2D eigenvalue weighted by atomic mass is 11.4. The Bertz CT molecular complexity index is 44.9. The second-order valence-corrected chi connectivity index (χ2v) is 0.571. The Labute approximate surface area is 28.8 Å². The molecule has 0 atom stereocenters. The van der Waals surface area contributed by atoms with Crippen molar-refractivity contribution in [1.82, 2.24) is 5.43 Å². The summed E-state index contributed by atoms with van der Waals surface area (Å²) in [5.74, 6) is 0.